The van der Waals surface area contributed by atoms with Gasteiger partial charge in [-0.15, -0.1) is 0 Å². The molecule has 1 aliphatic rings. The van der Waals surface area contributed by atoms with E-state index in [1.54, 1.807) is 6.20 Å². The summed E-state index contributed by atoms with van der Waals surface area (Å²) in [4.78, 5) is 13.5. The molecule has 0 aliphatic carbocycles. The van der Waals surface area contributed by atoms with Crippen molar-refractivity contribution in [2.75, 3.05) is 44.4 Å². The van der Waals surface area contributed by atoms with Crippen LogP contribution in [0.5, 0.6) is 0 Å². The highest BCUT2D eigenvalue weighted by Gasteiger charge is 2.22. The van der Waals surface area contributed by atoms with Gasteiger partial charge in [-0.05, 0) is 32.9 Å². The second-order valence-corrected chi connectivity index (χ2v) is 5.84. The lowest BCUT2D eigenvalue weighted by molar-refractivity contribution is 0.284. The highest BCUT2D eigenvalue weighted by molar-refractivity contribution is 5.66. The zero-order valence-corrected chi connectivity index (χ0v) is 12.2. The van der Waals surface area contributed by atoms with Crippen molar-refractivity contribution in [3.8, 4) is 0 Å². The van der Waals surface area contributed by atoms with Crippen LogP contribution in [-0.4, -0.2) is 53.0 Å². The number of nitrogen functional groups attached to an aromatic ring is 1. The fraction of sp³-hybridized carbons (Fsp3) is 0.571. The molecule has 1 aliphatic heterocycles. The van der Waals surface area contributed by atoms with Gasteiger partial charge in [0, 0.05) is 32.0 Å². The summed E-state index contributed by atoms with van der Waals surface area (Å²) >= 11 is 0. The smallest absolute Gasteiger partial charge is 0.180 e. The van der Waals surface area contributed by atoms with Gasteiger partial charge in [0.25, 0.3) is 0 Å². The Balaban J connectivity index is 1.78. The van der Waals surface area contributed by atoms with Gasteiger partial charge < -0.3 is 19.9 Å². The topological polar surface area (TPSA) is 62.7 Å². The lowest BCUT2D eigenvalue weighted by Gasteiger charge is -2.34. The van der Waals surface area contributed by atoms with Crippen molar-refractivity contribution in [2.45, 2.75) is 12.8 Å². The lowest BCUT2D eigenvalue weighted by Crippen LogP contribution is -2.37. The maximum Gasteiger partial charge on any atom is 0.180 e. The van der Waals surface area contributed by atoms with Gasteiger partial charge >= 0.3 is 0 Å². The first-order valence-electron chi connectivity index (χ1n) is 7.12. The molecule has 6 nitrogen and oxygen atoms in total. The lowest BCUT2D eigenvalue weighted by atomic mass is 9.96. The highest BCUT2D eigenvalue weighted by atomic mass is 15.2. The second kappa shape index (κ2) is 5.28. The number of aromatic nitrogens is 3. The number of piperidine rings is 1. The maximum absolute atomic E-state index is 5.89. The Morgan fingerprint density at radius 2 is 2.10 bits per heavy atom. The maximum atomic E-state index is 5.89. The largest absolute Gasteiger partial charge is 0.382 e. The Bertz CT molecular complexity index is 582. The summed E-state index contributed by atoms with van der Waals surface area (Å²) in [7, 11) is 4.28. The van der Waals surface area contributed by atoms with Gasteiger partial charge in [0.2, 0.25) is 0 Å². The Kier molecular flexibility index (Phi) is 3.48. The molecule has 1 fully saturated rings. The van der Waals surface area contributed by atoms with Crippen LogP contribution in [0.25, 0.3) is 5.65 Å². The third kappa shape index (κ3) is 2.56. The minimum absolute atomic E-state index is 0.543. The van der Waals surface area contributed by atoms with Crippen molar-refractivity contribution in [3.05, 3.63) is 18.6 Å². The van der Waals surface area contributed by atoms with Crippen LogP contribution < -0.4 is 10.6 Å². The third-order valence-corrected chi connectivity index (χ3v) is 3.91. The van der Waals surface area contributed by atoms with E-state index >= 15 is 0 Å². The van der Waals surface area contributed by atoms with E-state index in [0.717, 1.165) is 37.0 Å². The summed E-state index contributed by atoms with van der Waals surface area (Å²) in [5, 5.41) is 0. The van der Waals surface area contributed by atoms with Crippen LogP contribution >= 0.6 is 0 Å². The first kappa shape index (κ1) is 13.2. The van der Waals surface area contributed by atoms with Crippen LogP contribution in [0.15, 0.2) is 18.6 Å². The SMILES string of the molecule is CN(C)CC1CCN(c2nc(N)cn3ccnc23)CC1. The van der Waals surface area contributed by atoms with Gasteiger partial charge in [0.15, 0.2) is 11.5 Å². The van der Waals surface area contributed by atoms with E-state index < -0.39 is 0 Å². The molecule has 3 rings (SSSR count). The van der Waals surface area contributed by atoms with Gasteiger partial charge in [-0.3, -0.25) is 0 Å². The number of hydrogen-bond donors (Lipinski definition) is 1. The fourth-order valence-electron chi connectivity index (χ4n) is 2.99. The summed E-state index contributed by atoms with van der Waals surface area (Å²) < 4.78 is 1.95. The first-order valence-corrected chi connectivity index (χ1v) is 7.12. The molecule has 0 saturated carbocycles. The molecule has 2 N–H and O–H groups in total. The molecule has 0 bridgehead atoms. The molecule has 1 saturated heterocycles. The standard InChI is InChI=1S/C14H22N6/c1-18(2)9-11-3-6-19(7-4-11)14-13-16-5-8-20(13)10-12(15)17-14/h5,8,10-11H,3-4,6-7,9,15H2,1-2H3. The molecule has 20 heavy (non-hydrogen) atoms. The van der Waals surface area contributed by atoms with Gasteiger partial charge in [-0.1, -0.05) is 0 Å². The molecule has 6 heteroatoms. The second-order valence-electron chi connectivity index (χ2n) is 5.84. The normalized spacial score (nSPS) is 17.2. The van der Waals surface area contributed by atoms with Crippen molar-refractivity contribution in [2.24, 2.45) is 5.92 Å². The molecule has 0 radical (unpaired) electrons. The quantitative estimate of drug-likeness (QED) is 0.908. The molecule has 0 aromatic carbocycles. The fourth-order valence-corrected chi connectivity index (χ4v) is 2.99. The summed E-state index contributed by atoms with van der Waals surface area (Å²) in [6.07, 6.45) is 7.90. The number of hydrogen-bond acceptors (Lipinski definition) is 5. The third-order valence-electron chi connectivity index (χ3n) is 3.91. The number of nitrogens with zero attached hydrogens (tertiary/aromatic N) is 5. The van der Waals surface area contributed by atoms with E-state index in [2.05, 4.69) is 33.9 Å². The zero-order chi connectivity index (χ0) is 14.1. The van der Waals surface area contributed by atoms with E-state index in [4.69, 9.17) is 5.73 Å². The average molecular weight is 274 g/mol. The van der Waals surface area contributed by atoms with Crippen molar-refractivity contribution < 1.29 is 0 Å². The molecular weight excluding hydrogens is 252 g/mol. The van der Waals surface area contributed by atoms with Crippen LogP contribution in [0.1, 0.15) is 12.8 Å². The molecule has 0 unspecified atom stereocenters. The van der Waals surface area contributed by atoms with Gasteiger partial charge in [0.1, 0.15) is 5.82 Å². The highest BCUT2D eigenvalue weighted by Crippen LogP contribution is 2.25. The van der Waals surface area contributed by atoms with E-state index in [1.807, 2.05) is 16.8 Å². The van der Waals surface area contributed by atoms with Crippen LogP contribution in [-0.2, 0) is 0 Å². The monoisotopic (exact) mass is 274 g/mol. The predicted octanol–water partition coefficient (Wildman–Crippen LogP) is 1.09. The summed E-state index contributed by atoms with van der Waals surface area (Å²) in [5.74, 6) is 2.23. The van der Waals surface area contributed by atoms with Crippen LogP contribution in [0.3, 0.4) is 0 Å². The van der Waals surface area contributed by atoms with E-state index in [-0.39, 0.29) is 0 Å². The Morgan fingerprint density at radius 3 is 2.80 bits per heavy atom. The van der Waals surface area contributed by atoms with Gasteiger partial charge in [-0.25, -0.2) is 9.97 Å². The number of anilines is 2. The van der Waals surface area contributed by atoms with Crippen molar-refractivity contribution in [1.29, 1.82) is 0 Å². The van der Waals surface area contributed by atoms with Crippen molar-refractivity contribution in [3.63, 3.8) is 0 Å². The molecule has 3 heterocycles. The predicted molar refractivity (Wildman–Crippen MR) is 80.9 cm³/mol. The Morgan fingerprint density at radius 1 is 1.35 bits per heavy atom. The van der Waals surface area contributed by atoms with Crippen molar-refractivity contribution in [1.82, 2.24) is 19.3 Å². The van der Waals surface area contributed by atoms with Crippen LogP contribution in [0, 0.1) is 5.92 Å². The van der Waals surface area contributed by atoms with E-state index in [9.17, 15) is 0 Å². The van der Waals surface area contributed by atoms with Crippen LogP contribution in [0.4, 0.5) is 11.6 Å². The number of nitrogens with two attached hydrogens (primary N) is 1. The summed E-state index contributed by atoms with van der Waals surface area (Å²) in [5.41, 5.74) is 6.78. The first-order chi connectivity index (χ1) is 9.63. The molecule has 0 spiro atoms. The Labute approximate surface area is 119 Å². The zero-order valence-electron chi connectivity index (χ0n) is 12.2. The summed E-state index contributed by atoms with van der Waals surface area (Å²) in [6.45, 7) is 3.21. The number of imidazole rings is 1. The van der Waals surface area contributed by atoms with E-state index in [0.29, 0.717) is 5.82 Å². The van der Waals surface area contributed by atoms with Crippen molar-refractivity contribution >= 4 is 17.3 Å². The minimum atomic E-state index is 0.543. The Hall–Kier alpha value is -1.82. The summed E-state index contributed by atoms with van der Waals surface area (Å²) in [6, 6.07) is 0. The molecule has 2 aromatic rings. The van der Waals surface area contributed by atoms with Gasteiger partial charge in [0.05, 0.1) is 6.20 Å². The number of fused-ring (bicyclic) bond motifs is 1. The van der Waals surface area contributed by atoms with Gasteiger partial charge in [-0.2, -0.15) is 0 Å². The molecule has 0 amide bonds. The molecule has 0 atom stereocenters. The van der Waals surface area contributed by atoms with E-state index in [1.165, 1.54) is 12.8 Å². The molecule has 108 valence electrons. The average Bonchev–Trinajstić information content (AvgIpc) is 2.86. The minimum Gasteiger partial charge on any atom is -0.382 e. The molecular formula is C14H22N6. The number of rotatable bonds is 3. The van der Waals surface area contributed by atoms with Crippen LogP contribution in [0.2, 0.25) is 0 Å². The molecule has 2 aromatic heterocycles.